The highest BCUT2D eigenvalue weighted by molar-refractivity contribution is 5.90. The van der Waals surface area contributed by atoms with E-state index in [0.29, 0.717) is 6.04 Å². The molecule has 0 amide bonds. The Morgan fingerprint density at radius 2 is 2.00 bits per heavy atom. The van der Waals surface area contributed by atoms with Crippen LogP contribution in [0.15, 0.2) is 54.9 Å². The van der Waals surface area contributed by atoms with Crippen molar-refractivity contribution < 1.29 is 0 Å². The molecule has 100 valence electrons. The Labute approximate surface area is 118 Å². The smallest absolute Gasteiger partial charge is 0.139 e. The number of benzene rings is 1. The Kier molecular flexibility index (Phi) is 2.69. The zero-order valence-corrected chi connectivity index (χ0v) is 11.3. The number of nitrogens with one attached hydrogen (secondary N) is 1. The molecule has 1 aliphatic heterocycles. The Hall–Kier alpha value is -2.29. The lowest BCUT2D eigenvalue weighted by molar-refractivity contribution is 0.721. The zero-order valence-electron chi connectivity index (χ0n) is 11.3. The van der Waals surface area contributed by atoms with Gasteiger partial charge in [0.05, 0.1) is 6.04 Å². The maximum Gasteiger partial charge on any atom is 0.139 e. The number of hydrogen-bond acceptors (Lipinski definition) is 2. The Morgan fingerprint density at radius 3 is 2.90 bits per heavy atom. The average molecular weight is 263 g/mol. The molecular formula is C17H17N3. The van der Waals surface area contributed by atoms with Gasteiger partial charge in [-0.25, -0.2) is 4.98 Å². The highest BCUT2D eigenvalue weighted by atomic mass is 15.2. The minimum atomic E-state index is 0.483. The molecule has 1 aliphatic rings. The molecule has 3 heteroatoms. The fourth-order valence-electron chi connectivity index (χ4n) is 3.27. The van der Waals surface area contributed by atoms with Gasteiger partial charge >= 0.3 is 0 Å². The van der Waals surface area contributed by atoms with Crippen molar-refractivity contribution >= 4 is 16.7 Å². The molecule has 1 atom stereocenters. The fraction of sp³-hybridized carbons (Fsp3) is 0.235. The number of fused-ring (bicyclic) bond motifs is 1. The molecular weight excluding hydrogens is 246 g/mol. The molecule has 1 aromatic carbocycles. The van der Waals surface area contributed by atoms with Crippen LogP contribution in [0.4, 0.5) is 5.69 Å². The quantitative estimate of drug-likeness (QED) is 0.760. The normalized spacial score (nSPS) is 18.8. The van der Waals surface area contributed by atoms with E-state index < -0.39 is 0 Å². The number of rotatable bonds is 2. The van der Waals surface area contributed by atoms with Crippen molar-refractivity contribution in [2.45, 2.75) is 18.9 Å². The summed E-state index contributed by atoms with van der Waals surface area (Å²) >= 11 is 0. The van der Waals surface area contributed by atoms with Gasteiger partial charge in [0, 0.05) is 30.0 Å². The summed E-state index contributed by atoms with van der Waals surface area (Å²) in [6, 6.07) is 15.6. The van der Waals surface area contributed by atoms with Crippen LogP contribution >= 0.6 is 0 Å². The summed E-state index contributed by atoms with van der Waals surface area (Å²) in [4.78, 5) is 10.1. The molecule has 3 heterocycles. The third-order valence-electron chi connectivity index (χ3n) is 4.18. The second-order valence-corrected chi connectivity index (χ2v) is 5.33. The molecule has 3 aromatic rings. The van der Waals surface area contributed by atoms with E-state index >= 15 is 0 Å². The predicted octanol–water partition coefficient (Wildman–Crippen LogP) is 3.90. The van der Waals surface area contributed by atoms with Crippen LogP contribution in [0.25, 0.3) is 11.0 Å². The molecule has 0 spiro atoms. The van der Waals surface area contributed by atoms with Gasteiger partial charge in [-0.15, -0.1) is 0 Å². The van der Waals surface area contributed by atoms with Gasteiger partial charge < -0.3 is 9.88 Å². The topological polar surface area (TPSA) is 31.9 Å². The first-order valence-electron chi connectivity index (χ1n) is 7.17. The first kappa shape index (κ1) is 11.5. The molecule has 2 aromatic heterocycles. The van der Waals surface area contributed by atoms with E-state index in [4.69, 9.17) is 0 Å². The number of nitrogens with zero attached hydrogens (tertiary/aromatic N) is 2. The Bertz CT molecular complexity index is 717. The first-order chi connectivity index (χ1) is 9.93. The molecule has 0 radical (unpaired) electrons. The van der Waals surface area contributed by atoms with Crippen molar-refractivity contribution in [3.63, 3.8) is 0 Å². The molecule has 20 heavy (non-hydrogen) atoms. The summed E-state index contributed by atoms with van der Waals surface area (Å²) < 4.78 is 0. The van der Waals surface area contributed by atoms with Crippen molar-refractivity contribution in [1.82, 2.24) is 9.97 Å². The Morgan fingerprint density at radius 1 is 1.10 bits per heavy atom. The lowest BCUT2D eigenvalue weighted by Gasteiger charge is -2.27. The molecule has 0 aliphatic carbocycles. The second-order valence-electron chi connectivity index (χ2n) is 5.33. The van der Waals surface area contributed by atoms with Crippen LogP contribution in [-0.4, -0.2) is 16.5 Å². The minimum Gasteiger partial charge on any atom is -0.364 e. The molecule has 1 N–H and O–H groups in total. The van der Waals surface area contributed by atoms with Crippen LogP contribution in [0.1, 0.15) is 24.4 Å². The predicted molar refractivity (Wildman–Crippen MR) is 81.9 cm³/mol. The van der Waals surface area contributed by atoms with Gasteiger partial charge in [-0.1, -0.05) is 30.3 Å². The number of anilines is 1. The number of hydrogen-bond donors (Lipinski definition) is 1. The summed E-state index contributed by atoms with van der Waals surface area (Å²) in [7, 11) is 0. The largest absolute Gasteiger partial charge is 0.364 e. The number of H-pyrrole nitrogens is 1. The lowest BCUT2D eigenvalue weighted by atomic mass is 10.0. The molecule has 0 unspecified atom stereocenters. The first-order valence-corrected chi connectivity index (χ1v) is 7.17. The number of aromatic amines is 1. The van der Waals surface area contributed by atoms with Crippen molar-refractivity contribution in [2.75, 3.05) is 11.4 Å². The maximum absolute atomic E-state index is 4.39. The monoisotopic (exact) mass is 263 g/mol. The van der Waals surface area contributed by atoms with Crippen LogP contribution in [0.5, 0.6) is 0 Å². The van der Waals surface area contributed by atoms with E-state index in [0.717, 1.165) is 12.2 Å². The number of pyridine rings is 1. The van der Waals surface area contributed by atoms with E-state index in [2.05, 4.69) is 57.3 Å². The molecule has 1 saturated heterocycles. The summed E-state index contributed by atoms with van der Waals surface area (Å²) in [5, 5.41) is 1.22. The summed E-state index contributed by atoms with van der Waals surface area (Å²) in [5.74, 6) is 0. The minimum absolute atomic E-state index is 0.483. The second kappa shape index (κ2) is 4.67. The molecule has 0 bridgehead atoms. The van der Waals surface area contributed by atoms with Gasteiger partial charge in [-0.2, -0.15) is 0 Å². The maximum atomic E-state index is 4.39. The van der Waals surface area contributed by atoms with Crippen LogP contribution in [0.3, 0.4) is 0 Å². The SMILES string of the molecule is c1ccc([C@H]2CCCN2c2ccnc3[nH]ccc23)cc1. The standard InChI is InChI=1S/C17H17N3/c1-2-5-13(6-3-1)15-7-4-12-20(15)16-9-11-19-17-14(16)8-10-18-17/h1-3,5-6,8-11,15H,4,7,12H2,(H,18,19)/t15-/m1/s1. The van der Waals surface area contributed by atoms with Gasteiger partial charge in [-0.05, 0) is 30.5 Å². The lowest BCUT2D eigenvalue weighted by Crippen LogP contribution is -2.22. The zero-order chi connectivity index (χ0) is 13.4. The fourth-order valence-corrected chi connectivity index (χ4v) is 3.27. The van der Waals surface area contributed by atoms with E-state index in [1.165, 1.54) is 29.5 Å². The third kappa shape index (κ3) is 1.78. The van der Waals surface area contributed by atoms with Gasteiger partial charge in [0.25, 0.3) is 0 Å². The van der Waals surface area contributed by atoms with E-state index in [1.807, 2.05) is 12.4 Å². The van der Waals surface area contributed by atoms with Crippen molar-refractivity contribution in [1.29, 1.82) is 0 Å². The summed E-state index contributed by atoms with van der Waals surface area (Å²) in [6.07, 6.45) is 6.33. The highest BCUT2D eigenvalue weighted by Crippen LogP contribution is 2.38. The van der Waals surface area contributed by atoms with Gasteiger partial charge in [0.1, 0.15) is 5.65 Å². The summed E-state index contributed by atoms with van der Waals surface area (Å²) in [5.41, 5.74) is 3.68. The van der Waals surface area contributed by atoms with Crippen molar-refractivity contribution in [2.24, 2.45) is 0 Å². The molecule has 0 saturated carbocycles. The van der Waals surface area contributed by atoms with Crippen LogP contribution < -0.4 is 4.90 Å². The van der Waals surface area contributed by atoms with Crippen LogP contribution in [0.2, 0.25) is 0 Å². The van der Waals surface area contributed by atoms with Crippen molar-refractivity contribution in [3.05, 3.63) is 60.4 Å². The highest BCUT2D eigenvalue weighted by Gasteiger charge is 2.27. The summed E-state index contributed by atoms with van der Waals surface area (Å²) in [6.45, 7) is 1.11. The van der Waals surface area contributed by atoms with Gasteiger partial charge in [-0.3, -0.25) is 0 Å². The molecule has 4 rings (SSSR count). The third-order valence-corrected chi connectivity index (χ3v) is 4.18. The Balaban J connectivity index is 1.79. The van der Waals surface area contributed by atoms with Crippen LogP contribution in [-0.2, 0) is 0 Å². The van der Waals surface area contributed by atoms with E-state index in [9.17, 15) is 0 Å². The van der Waals surface area contributed by atoms with Gasteiger partial charge in [0.15, 0.2) is 0 Å². The van der Waals surface area contributed by atoms with E-state index in [1.54, 1.807) is 0 Å². The molecule has 1 fully saturated rings. The van der Waals surface area contributed by atoms with E-state index in [-0.39, 0.29) is 0 Å². The van der Waals surface area contributed by atoms with Crippen molar-refractivity contribution in [3.8, 4) is 0 Å². The average Bonchev–Trinajstić information content (AvgIpc) is 3.16. The van der Waals surface area contributed by atoms with Gasteiger partial charge in [0.2, 0.25) is 0 Å². The number of aromatic nitrogens is 2. The van der Waals surface area contributed by atoms with Crippen LogP contribution in [0, 0.1) is 0 Å². The molecule has 3 nitrogen and oxygen atoms in total.